The third-order valence-corrected chi connectivity index (χ3v) is 4.97. The lowest BCUT2D eigenvalue weighted by Crippen LogP contribution is -2.22. The Morgan fingerprint density at radius 3 is 2.52 bits per heavy atom. The summed E-state index contributed by atoms with van der Waals surface area (Å²) in [4.78, 5) is 13.1. The van der Waals surface area contributed by atoms with Crippen LogP contribution < -0.4 is 10.3 Å². The molecule has 0 bridgehead atoms. The smallest absolute Gasteiger partial charge is 0.294 e. The number of para-hydroxylation sites is 3. The van der Waals surface area contributed by atoms with Gasteiger partial charge in [0.05, 0.1) is 28.1 Å². The number of nitro benzene ring substituents is 1. The van der Waals surface area contributed by atoms with Crippen molar-refractivity contribution in [2.24, 2.45) is 5.10 Å². The number of rotatable bonds is 6. The number of nitro groups is 1. The van der Waals surface area contributed by atoms with Crippen molar-refractivity contribution in [1.82, 2.24) is 9.78 Å². The van der Waals surface area contributed by atoms with Crippen LogP contribution in [0.15, 0.2) is 59.7 Å². The van der Waals surface area contributed by atoms with Gasteiger partial charge in [0.15, 0.2) is 0 Å². The van der Waals surface area contributed by atoms with Gasteiger partial charge in [-0.2, -0.15) is 10.2 Å². The molecule has 0 atom stereocenters. The molecule has 0 amide bonds. The van der Waals surface area contributed by atoms with Gasteiger partial charge in [0.1, 0.15) is 11.5 Å². The minimum atomic E-state index is -0.424. The summed E-state index contributed by atoms with van der Waals surface area (Å²) in [5.74, 6) is 0.999. The molecule has 4 rings (SSSR count). The number of nitrogens with zero attached hydrogens (tertiary/aromatic N) is 5. The van der Waals surface area contributed by atoms with E-state index in [2.05, 4.69) is 15.4 Å². The summed E-state index contributed by atoms with van der Waals surface area (Å²) in [6.07, 6.45) is 3.99. The highest BCUT2D eigenvalue weighted by Gasteiger charge is 2.23. The molecule has 3 aromatic rings. The highest BCUT2D eigenvalue weighted by Crippen LogP contribution is 2.29. The van der Waals surface area contributed by atoms with Crippen LogP contribution in [0.5, 0.6) is 0 Å². The van der Waals surface area contributed by atoms with Crippen LogP contribution in [0, 0.1) is 17.0 Å². The fraction of sp³-hybridized carbons (Fsp3) is 0.238. The highest BCUT2D eigenvalue weighted by atomic mass is 16.6. The minimum Gasteiger partial charge on any atom is -0.356 e. The largest absolute Gasteiger partial charge is 0.356 e. The molecule has 0 aliphatic carbocycles. The molecule has 0 unspecified atom stereocenters. The molecule has 29 heavy (non-hydrogen) atoms. The molecular weight excluding hydrogens is 368 g/mol. The Morgan fingerprint density at radius 2 is 1.79 bits per heavy atom. The van der Waals surface area contributed by atoms with Crippen molar-refractivity contribution in [3.8, 4) is 5.69 Å². The molecule has 8 nitrogen and oxygen atoms in total. The van der Waals surface area contributed by atoms with Gasteiger partial charge in [0.25, 0.3) is 5.69 Å². The van der Waals surface area contributed by atoms with Crippen molar-refractivity contribution in [1.29, 1.82) is 0 Å². The van der Waals surface area contributed by atoms with E-state index >= 15 is 0 Å². The molecule has 1 saturated heterocycles. The summed E-state index contributed by atoms with van der Waals surface area (Å²) in [5, 5.41) is 20.2. The fourth-order valence-corrected chi connectivity index (χ4v) is 3.55. The van der Waals surface area contributed by atoms with Gasteiger partial charge in [-0.05, 0) is 38.0 Å². The van der Waals surface area contributed by atoms with Crippen LogP contribution in [0.25, 0.3) is 5.69 Å². The molecule has 2 heterocycles. The second kappa shape index (κ2) is 8.14. The number of hydrogen-bond donors (Lipinski definition) is 1. The average molecular weight is 390 g/mol. The van der Waals surface area contributed by atoms with Crippen molar-refractivity contribution in [3.63, 3.8) is 0 Å². The predicted octanol–water partition coefficient (Wildman–Crippen LogP) is 4.14. The second-order valence-corrected chi connectivity index (χ2v) is 6.91. The topological polar surface area (TPSA) is 88.6 Å². The van der Waals surface area contributed by atoms with Crippen LogP contribution in [-0.4, -0.2) is 34.0 Å². The van der Waals surface area contributed by atoms with Crippen LogP contribution in [-0.2, 0) is 0 Å². The Labute approximate surface area is 168 Å². The van der Waals surface area contributed by atoms with Gasteiger partial charge in [0.2, 0.25) is 0 Å². The summed E-state index contributed by atoms with van der Waals surface area (Å²) in [7, 11) is 0. The SMILES string of the molecule is Cc1nn(-c2ccccc2)c(N2CCCC2)c1/C=N/Nc1ccccc1[N+](=O)[O-]. The molecule has 1 aliphatic rings. The van der Waals surface area contributed by atoms with Crippen molar-refractivity contribution in [2.45, 2.75) is 19.8 Å². The van der Waals surface area contributed by atoms with E-state index < -0.39 is 4.92 Å². The van der Waals surface area contributed by atoms with Gasteiger partial charge in [-0.15, -0.1) is 0 Å². The van der Waals surface area contributed by atoms with E-state index in [0.717, 1.165) is 48.7 Å². The lowest BCUT2D eigenvalue weighted by molar-refractivity contribution is -0.384. The monoisotopic (exact) mass is 390 g/mol. The lowest BCUT2D eigenvalue weighted by atomic mass is 10.2. The molecule has 8 heteroatoms. The Hall–Kier alpha value is -3.68. The van der Waals surface area contributed by atoms with Gasteiger partial charge >= 0.3 is 0 Å². The van der Waals surface area contributed by atoms with Gasteiger partial charge in [-0.25, -0.2) is 4.68 Å². The van der Waals surface area contributed by atoms with Gasteiger partial charge < -0.3 is 4.90 Å². The molecule has 1 aliphatic heterocycles. The zero-order valence-corrected chi connectivity index (χ0v) is 16.2. The first kappa shape index (κ1) is 18.7. The van der Waals surface area contributed by atoms with Gasteiger partial charge in [-0.3, -0.25) is 15.5 Å². The molecule has 2 aromatic carbocycles. The summed E-state index contributed by atoms with van der Waals surface area (Å²) in [5.41, 5.74) is 5.89. The first-order valence-electron chi connectivity index (χ1n) is 9.57. The number of aromatic nitrogens is 2. The molecule has 148 valence electrons. The number of benzene rings is 2. The van der Waals surface area contributed by atoms with Crippen molar-refractivity contribution < 1.29 is 4.92 Å². The van der Waals surface area contributed by atoms with Crippen LogP contribution in [0.2, 0.25) is 0 Å². The van der Waals surface area contributed by atoms with Crippen molar-refractivity contribution >= 4 is 23.4 Å². The Balaban J connectivity index is 1.69. The zero-order chi connectivity index (χ0) is 20.2. The molecule has 0 saturated carbocycles. The highest BCUT2D eigenvalue weighted by molar-refractivity contribution is 5.89. The summed E-state index contributed by atoms with van der Waals surface area (Å²) < 4.78 is 1.95. The van der Waals surface area contributed by atoms with Crippen LogP contribution in [0.4, 0.5) is 17.2 Å². The molecular formula is C21H22N6O2. The fourth-order valence-electron chi connectivity index (χ4n) is 3.55. The molecule has 1 fully saturated rings. The number of hydrogen-bond acceptors (Lipinski definition) is 6. The zero-order valence-electron chi connectivity index (χ0n) is 16.2. The lowest BCUT2D eigenvalue weighted by Gasteiger charge is -2.20. The number of aryl methyl sites for hydroxylation is 1. The standard InChI is InChI=1S/C21H22N6O2/c1-16-18(15-22-23-19-11-5-6-12-20(19)27(28)29)21(25-13-7-8-14-25)26(24-16)17-9-3-2-4-10-17/h2-6,9-12,15,23H,7-8,13-14H2,1H3/b22-15+. The maximum atomic E-state index is 11.2. The minimum absolute atomic E-state index is 0.0129. The maximum Gasteiger partial charge on any atom is 0.294 e. The van der Waals surface area contributed by atoms with Crippen molar-refractivity contribution in [3.05, 3.63) is 76.0 Å². The van der Waals surface area contributed by atoms with Crippen LogP contribution in [0.1, 0.15) is 24.1 Å². The summed E-state index contributed by atoms with van der Waals surface area (Å²) in [6.45, 7) is 3.89. The number of anilines is 2. The van der Waals surface area contributed by atoms with E-state index in [0.29, 0.717) is 5.69 Å². The van der Waals surface area contributed by atoms with E-state index in [1.807, 2.05) is 41.9 Å². The first-order valence-corrected chi connectivity index (χ1v) is 9.57. The summed E-state index contributed by atoms with van der Waals surface area (Å²) in [6, 6.07) is 16.5. The predicted molar refractivity (Wildman–Crippen MR) is 114 cm³/mol. The maximum absolute atomic E-state index is 11.2. The number of hydrazone groups is 1. The number of nitrogens with one attached hydrogen (secondary N) is 1. The Morgan fingerprint density at radius 1 is 1.10 bits per heavy atom. The van der Waals surface area contributed by atoms with E-state index in [9.17, 15) is 10.1 Å². The van der Waals surface area contributed by atoms with Crippen LogP contribution in [0.3, 0.4) is 0 Å². The van der Waals surface area contributed by atoms with Crippen molar-refractivity contribution in [2.75, 3.05) is 23.4 Å². The van der Waals surface area contributed by atoms with Gasteiger partial charge in [-0.1, -0.05) is 30.3 Å². The quantitative estimate of drug-likeness (QED) is 0.388. The second-order valence-electron chi connectivity index (χ2n) is 6.91. The molecule has 1 N–H and O–H groups in total. The van der Waals surface area contributed by atoms with E-state index in [1.165, 1.54) is 6.07 Å². The Bertz CT molecular complexity index is 1040. The van der Waals surface area contributed by atoms with E-state index in [-0.39, 0.29) is 5.69 Å². The normalized spacial score (nSPS) is 13.9. The molecule has 0 radical (unpaired) electrons. The third-order valence-electron chi connectivity index (χ3n) is 4.97. The van der Waals surface area contributed by atoms with Gasteiger partial charge in [0, 0.05) is 19.2 Å². The van der Waals surface area contributed by atoms with Crippen LogP contribution >= 0.6 is 0 Å². The molecule has 1 aromatic heterocycles. The Kier molecular flexibility index (Phi) is 5.24. The van der Waals surface area contributed by atoms with E-state index in [4.69, 9.17) is 5.10 Å². The van der Waals surface area contributed by atoms with E-state index in [1.54, 1.807) is 24.4 Å². The average Bonchev–Trinajstić information content (AvgIpc) is 3.37. The first-order chi connectivity index (χ1) is 14.1. The summed E-state index contributed by atoms with van der Waals surface area (Å²) >= 11 is 0. The third kappa shape index (κ3) is 3.82. The molecule has 0 spiro atoms.